The van der Waals surface area contributed by atoms with Gasteiger partial charge in [0.25, 0.3) is 0 Å². The van der Waals surface area contributed by atoms with Gasteiger partial charge in [-0.25, -0.2) is 4.39 Å². The summed E-state index contributed by atoms with van der Waals surface area (Å²) in [5.41, 5.74) is 0.477. The maximum Gasteiger partial charge on any atom is 0.233 e. The third-order valence-corrected chi connectivity index (χ3v) is 3.29. The van der Waals surface area contributed by atoms with E-state index < -0.39 is 5.82 Å². The van der Waals surface area contributed by atoms with Crippen LogP contribution in [-0.4, -0.2) is 28.0 Å². The molecule has 0 fully saturated rings. The number of rotatable bonds is 5. The van der Waals surface area contributed by atoms with E-state index in [4.69, 9.17) is 23.2 Å². The fraction of sp³-hybridized carbons (Fsp3) is 0.308. The predicted octanol–water partition coefficient (Wildman–Crippen LogP) is 3.91. The Bertz CT molecular complexity index is 634. The Balaban J connectivity index is 2.29. The molecular formula is C13H14Cl2FN5. The number of benzene rings is 1. The Morgan fingerprint density at radius 1 is 1.14 bits per heavy atom. The van der Waals surface area contributed by atoms with Crippen molar-refractivity contribution in [2.45, 2.75) is 13.8 Å². The second-order valence-electron chi connectivity index (χ2n) is 4.15. The van der Waals surface area contributed by atoms with Crippen LogP contribution >= 0.6 is 23.2 Å². The summed E-state index contributed by atoms with van der Waals surface area (Å²) >= 11 is 11.5. The van der Waals surface area contributed by atoms with Crippen molar-refractivity contribution < 1.29 is 4.39 Å². The van der Waals surface area contributed by atoms with Crippen molar-refractivity contribution in [3.05, 3.63) is 34.3 Å². The Morgan fingerprint density at radius 3 is 2.48 bits per heavy atom. The number of anilines is 3. The molecule has 21 heavy (non-hydrogen) atoms. The minimum atomic E-state index is -0.522. The van der Waals surface area contributed by atoms with Crippen LogP contribution in [0.15, 0.2) is 18.2 Å². The molecule has 112 valence electrons. The number of nitrogens with one attached hydrogen (secondary N) is 1. The molecule has 5 nitrogen and oxygen atoms in total. The molecule has 0 unspecified atom stereocenters. The molecule has 2 aromatic rings. The molecule has 1 aromatic heterocycles. The van der Waals surface area contributed by atoms with E-state index in [2.05, 4.69) is 20.3 Å². The number of hydrogen-bond acceptors (Lipinski definition) is 5. The number of halogens is 3. The molecule has 1 aromatic carbocycles. The van der Waals surface area contributed by atoms with Gasteiger partial charge < -0.3 is 10.2 Å². The molecule has 1 heterocycles. The van der Waals surface area contributed by atoms with E-state index in [1.807, 2.05) is 18.7 Å². The first-order valence-electron chi connectivity index (χ1n) is 6.42. The van der Waals surface area contributed by atoms with E-state index in [0.29, 0.717) is 11.6 Å². The van der Waals surface area contributed by atoms with E-state index in [-0.39, 0.29) is 16.3 Å². The summed E-state index contributed by atoms with van der Waals surface area (Å²) in [6.07, 6.45) is 0. The first-order valence-corrected chi connectivity index (χ1v) is 7.17. The van der Waals surface area contributed by atoms with Crippen molar-refractivity contribution in [3.8, 4) is 0 Å². The predicted molar refractivity (Wildman–Crippen MR) is 83.1 cm³/mol. The largest absolute Gasteiger partial charge is 0.341 e. The summed E-state index contributed by atoms with van der Waals surface area (Å²) in [5, 5.41) is 3.01. The van der Waals surface area contributed by atoms with Gasteiger partial charge in [-0.15, -0.1) is 0 Å². The smallest absolute Gasteiger partial charge is 0.233 e. The molecule has 0 saturated heterocycles. The summed E-state index contributed by atoms with van der Waals surface area (Å²) in [6.45, 7) is 5.46. The van der Waals surface area contributed by atoms with E-state index in [0.717, 1.165) is 13.1 Å². The zero-order valence-electron chi connectivity index (χ0n) is 11.6. The molecule has 0 saturated carbocycles. The number of hydrogen-bond donors (Lipinski definition) is 1. The highest BCUT2D eigenvalue weighted by Crippen LogP contribution is 2.22. The van der Waals surface area contributed by atoms with Crippen LogP contribution in [0.3, 0.4) is 0 Å². The third kappa shape index (κ3) is 3.92. The normalized spacial score (nSPS) is 10.5. The molecule has 8 heteroatoms. The van der Waals surface area contributed by atoms with Gasteiger partial charge in [0.15, 0.2) is 0 Å². The molecule has 0 bridgehead atoms. The molecule has 0 spiro atoms. The molecule has 0 atom stereocenters. The highest BCUT2D eigenvalue weighted by atomic mass is 35.5. The average molecular weight is 330 g/mol. The molecule has 2 rings (SSSR count). The van der Waals surface area contributed by atoms with Crippen LogP contribution in [0, 0.1) is 5.82 Å². The molecular weight excluding hydrogens is 316 g/mol. The zero-order valence-corrected chi connectivity index (χ0v) is 13.1. The van der Waals surface area contributed by atoms with Crippen molar-refractivity contribution in [3.63, 3.8) is 0 Å². The van der Waals surface area contributed by atoms with Gasteiger partial charge in [-0.1, -0.05) is 11.6 Å². The molecule has 0 aliphatic carbocycles. The molecule has 0 aliphatic heterocycles. The monoisotopic (exact) mass is 329 g/mol. The van der Waals surface area contributed by atoms with Gasteiger partial charge in [0.2, 0.25) is 17.2 Å². The van der Waals surface area contributed by atoms with Crippen molar-refractivity contribution >= 4 is 40.8 Å². The number of nitrogens with zero attached hydrogens (tertiary/aromatic N) is 4. The van der Waals surface area contributed by atoms with Crippen LogP contribution in [0.4, 0.5) is 22.0 Å². The lowest BCUT2D eigenvalue weighted by molar-refractivity contribution is 0.629. The summed E-state index contributed by atoms with van der Waals surface area (Å²) in [7, 11) is 0. The standard InChI is InChI=1S/C13H14Cl2FN5/c1-3-21(4-2)13-19-11(15)18-12(20-13)17-8-5-6-9(14)10(16)7-8/h5-7H,3-4H2,1-2H3,(H,17,18,19,20). The Labute approximate surface area is 132 Å². The topological polar surface area (TPSA) is 53.9 Å². The van der Waals surface area contributed by atoms with Crippen molar-refractivity contribution in [2.24, 2.45) is 0 Å². The van der Waals surface area contributed by atoms with Crippen LogP contribution < -0.4 is 10.2 Å². The first-order chi connectivity index (χ1) is 10.0. The fourth-order valence-corrected chi connectivity index (χ4v) is 2.02. The van der Waals surface area contributed by atoms with Crippen LogP contribution in [0.5, 0.6) is 0 Å². The van der Waals surface area contributed by atoms with Gasteiger partial charge in [0, 0.05) is 18.8 Å². The minimum absolute atomic E-state index is 0.0538. The summed E-state index contributed by atoms with van der Waals surface area (Å²) in [5.74, 6) is 0.196. The highest BCUT2D eigenvalue weighted by Gasteiger charge is 2.11. The van der Waals surface area contributed by atoms with Gasteiger partial charge in [0.1, 0.15) is 5.82 Å². The van der Waals surface area contributed by atoms with Gasteiger partial charge in [0.05, 0.1) is 5.02 Å². The maximum absolute atomic E-state index is 13.4. The van der Waals surface area contributed by atoms with Crippen LogP contribution in [-0.2, 0) is 0 Å². The zero-order chi connectivity index (χ0) is 15.4. The van der Waals surface area contributed by atoms with Gasteiger partial charge in [-0.05, 0) is 43.6 Å². The first kappa shape index (κ1) is 15.7. The van der Waals surface area contributed by atoms with Crippen LogP contribution in [0.1, 0.15) is 13.8 Å². The van der Waals surface area contributed by atoms with Crippen LogP contribution in [0.2, 0.25) is 10.3 Å². The summed E-state index contributed by atoms with van der Waals surface area (Å²) in [4.78, 5) is 14.3. The Kier molecular flexibility index (Phi) is 5.14. The number of aromatic nitrogens is 3. The molecule has 1 N–H and O–H groups in total. The SMILES string of the molecule is CCN(CC)c1nc(Cl)nc(Nc2ccc(Cl)c(F)c2)n1. The van der Waals surface area contributed by atoms with Crippen molar-refractivity contribution in [2.75, 3.05) is 23.3 Å². The van der Waals surface area contributed by atoms with E-state index in [1.165, 1.54) is 12.1 Å². The van der Waals surface area contributed by atoms with Gasteiger partial charge in [-0.3, -0.25) is 0 Å². The quantitative estimate of drug-likeness (QED) is 0.901. The second-order valence-corrected chi connectivity index (χ2v) is 4.90. The molecule has 0 aliphatic rings. The minimum Gasteiger partial charge on any atom is -0.341 e. The van der Waals surface area contributed by atoms with Gasteiger partial charge in [-0.2, -0.15) is 15.0 Å². The highest BCUT2D eigenvalue weighted by molar-refractivity contribution is 6.30. The van der Waals surface area contributed by atoms with Gasteiger partial charge >= 0.3 is 0 Å². The third-order valence-electron chi connectivity index (χ3n) is 2.82. The van der Waals surface area contributed by atoms with Crippen molar-refractivity contribution in [1.82, 2.24) is 15.0 Å². The van der Waals surface area contributed by atoms with E-state index in [1.54, 1.807) is 6.07 Å². The Hall–Kier alpha value is -1.66. The van der Waals surface area contributed by atoms with Crippen LogP contribution in [0.25, 0.3) is 0 Å². The van der Waals surface area contributed by atoms with Crippen molar-refractivity contribution in [1.29, 1.82) is 0 Å². The van der Waals surface area contributed by atoms with E-state index >= 15 is 0 Å². The van der Waals surface area contributed by atoms with E-state index in [9.17, 15) is 4.39 Å². The second kappa shape index (κ2) is 6.87. The lowest BCUT2D eigenvalue weighted by Crippen LogP contribution is -2.24. The molecule has 0 radical (unpaired) electrons. The molecule has 0 amide bonds. The lowest BCUT2D eigenvalue weighted by Gasteiger charge is -2.18. The fourth-order valence-electron chi connectivity index (χ4n) is 1.75. The lowest BCUT2D eigenvalue weighted by atomic mass is 10.3. The Morgan fingerprint density at radius 2 is 1.86 bits per heavy atom. The summed E-state index contributed by atoms with van der Waals surface area (Å²) < 4.78 is 13.4. The summed E-state index contributed by atoms with van der Waals surface area (Å²) in [6, 6.07) is 4.34. The average Bonchev–Trinajstić information content (AvgIpc) is 2.44. The maximum atomic E-state index is 13.4.